The topological polar surface area (TPSA) is 286 Å². The molecule has 6 aromatic heterocycles. The molecule has 6 aromatic rings. The first-order chi connectivity index (χ1) is 40.0. The van der Waals surface area contributed by atoms with Crippen molar-refractivity contribution in [2.45, 2.75) is 135 Å². The van der Waals surface area contributed by atoms with Crippen LogP contribution >= 0.6 is 47.2 Å². The number of anilines is 3. The number of halogens is 8. The standard InChI is InChI=1S/C20H25F2N7O.C14H15ClN6O.C9H8Cl2N4.C6H11F2N.C5H8N2O.ClH/c1-13-9-14(2)29(27-13)19-25-17(24-15-3-5-20(21,22)6-4-15)10-18(26-19)28-7-8-30-16(11-23)12-28;1-9-5-10(2)21(19-9)14-17-12(15)6-13(18-14)20-3-4-22-11(7-16)8-20;1-5-3-6(2)15(14-5)9-12-7(10)4-8(11)13-9;7-6(8)3-1-5(9)2-4-6;6-3-5-4-7-1-2-8-5;/h9-10,15-16H,3-8,12H2,1-2H3,(H,24,25,26);5-6,11H,3-4,8H2,1-2H3;3-4H,1-2H3;5H,1-4,9H2;5,7H,1-2,4H2;1H. The fourth-order valence-corrected chi connectivity index (χ4v) is 9.93. The molecule has 5 aliphatic rings. The molecule has 5 fully saturated rings. The van der Waals surface area contributed by atoms with Crippen molar-refractivity contribution in [3.05, 3.63) is 86.0 Å². The van der Waals surface area contributed by atoms with Crippen molar-refractivity contribution in [2.75, 3.05) is 74.2 Å². The van der Waals surface area contributed by atoms with Crippen LogP contribution in [0.3, 0.4) is 0 Å². The number of ether oxygens (including phenoxy) is 3. The lowest BCUT2D eigenvalue weighted by molar-refractivity contribution is -0.0377. The van der Waals surface area contributed by atoms with Crippen LogP contribution in [0.2, 0.25) is 15.5 Å². The van der Waals surface area contributed by atoms with Gasteiger partial charge in [0.1, 0.15) is 32.9 Å². The van der Waals surface area contributed by atoms with E-state index in [0.717, 1.165) is 40.7 Å². The van der Waals surface area contributed by atoms with Crippen LogP contribution in [0.5, 0.6) is 0 Å². The zero-order valence-electron chi connectivity index (χ0n) is 47.8. The smallest absolute Gasteiger partial charge is 0.254 e. The van der Waals surface area contributed by atoms with Gasteiger partial charge in [-0.3, -0.25) is 0 Å². The Kier molecular flexibility index (Phi) is 24.8. The summed E-state index contributed by atoms with van der Waals surface area (Å²) in [6, 6.07) is 17.0. The van der Waals surface area contributed by atoms with E-state index in [9.17, 15) is 22.8 Å². The zero-order chi connectivity index (χ0) is 60.7. The molecule has 85 heavy (non-hydrogen) atoms. The third-order valence-corrected chi connectivity index (χ3v) is 14.2. The molecule has 3 saturated heterocycles. The van der Waals surface area contributed by atoms with Gasteiger partial charge >= 0.3 is 0 Å². The van der Waals surface area contributed by atoms with Crippen LogP contribution in [-0.2, 0) is 14.2 Å². The van der Waals surface area contributed by atoms with Gasteiger partial charge < -0.3 is 40.4 Å². The van der Waals surface area contributed by atoms with Crippen molar-refractivity contribution in [3.63, 3.8) is 0 Å². The third-order valence-electron chi connectivity index (χ3n) is 13.6. The molecule has 31 heteroatoms. The van der Waals surface area contributed by atoms with E-state index in [-0.39, 0.29) is 56.3 Å². The molecule has 0 radical (unpaired) electrons. The van der Waals surface area contributed by atoms with E-state index in [4.69, 9.17) is 65.3 Å². The molecule has 458 valence electrons. The number of nitriles is 3. The van der Waals surface area contributed by atoms with E-state index in [1.165, 1.54) is 6.07 Å². The van der Waals surface area contributed by atoms with Gasteiger partial charge in [0.05, 0.1) is 68.2 Å². The number of nitrogens with zero attached hydrogens (tertiary/aromatic N) is 17. The monoisotopic (exact) mass is 1260 g/mol. The first-order valence-electron chi connectivity index (χ1n) is 27.3. The Balaban J connectivity index is 0.000000184. The normalized spacial score (nSPS) is 20.1. The van der Waals surface area contributed by atoms with E-state index >= 15 is 0 Å². The van der Waals surface area contributed by atoms with Crippen molar-refractivity contribution in [1.82, 2.24) is 64.6 Å². The lowest BCUT2D eigenvalue weighted by Crippen LogP contribution is -2.42. The van der Waals surface area contributed by atoms with Crippen LogP contribution in [0.1, 0.15) is 85.5 Å². The van der Waals surface area contributed by atoms with Gasteiger partial charge in [0.25, 0.3) is 17.8 Å². The van der Waals surface area contributed by atoms with E-state index in [0.29, 0.717) is 129 Å². The van der Waals surface area contributed by atoms with Crippen LogP contribution in [0.4, 0.5) is 35.0 Å². The second-order valence-electron chi connectivity index (χ2n) is 20.6. The van der Waals surface area contributed by atoms with Crippen LogP contribution < -0.4 is 26.2 Å². The van der Waals surface area contributed by atoms with Crippen molar-refractivity contribution in [2.24, 2.45) is 5.73 Å². The summed E-state index contributed by atoms with van der Waals surface area (Å²) < 4.78 is 72.4. The summed E-state index contributed by atoms with van der Waals surface area (Å²) in [7, 11) is 0. The van der Waals surface area contributed by atoms with E-state index in [2.05, 4.69) is 68.0 Å². The molecule has 0 bridgehead atoms. The summed E-state index contributed by atoms with van der Waals surface area (Å²) in [6.07, 6.45) is 0.236. The lowest BCUT2D eigenvalue weighted by atomic mass is 9.92. The summed E-state index contributed by atoms with van der Waals surface area (Å²) in [5, 5.41) is 46.9. The number of morpholine rings is 3. The maximum atomic E-state index is 13.5. The number of aromatic nitrogens is 12. The Morgan fingerprint density at radius 2 is 0.965 bits per heavy atom. The first-order valence-corrected chi connectivity index (χ1v) is 28.4. The molecule has 9 heterocycles. The highest BCUT2D eigenvalue weighted by atomic mass is 35.5. The summed E-state index contributed by atoms with van der Waals surface area (Å²) in [5.74, 6) is -1.89. The van der Waals surface area contributed by atoms with Gasteiger partial charge in [-0.15, -0.1) is 12.4 Å². The third kappa shape index (κ3) is 20.3. The maximum Gasteiger partial charge on any atom is 0.254 e. The Morgan fingerprint density at radius 1 is 0.565 bits per heavy atom. The summed E-state index contributed by atoms with van der Waals surface area (Å²) in [4.78, 5) is 30.1. The highest BCUT2D eigenvalue weighted by molar-refractivity contribution is 6.33. The molecule has 2 aliphatic carbocycles. The lowest BCUT2D eigenvalue weighted by Gasteiger charge is -2.32. The fourth-order valence-electron chi connectivity index (χ4n) is 9.35. The second kappa shape index (κ2) is 31.2. The SMILES string of the molecule is Cc1cc(C)n(-c2nc(Cl)cc(Cl)n2)n1.Cc1cc(C)n(-c2nc(Cl)cc(N3CCOC(C#N)C3)n2)n1.Cc1cc(C)n(-c2nc(NC3CCC(F)(F)CC3)cc(N3CCOC(C#N)C3)n2)n1.Cl.N#CC1CNCCO1.NC1CCC(F)(F)CC1. The quantitative estimate of drug-likeness (QED) is 0.0994. The van der Waals surface area contributed by atoms with Crippen LogP contribution in [0.15, 0.2) is 36.4 Å². The van der Waals surface area contributed by atoms with Crippen molar-refractivity contribution in [3.8, 4) is 36.1 Å². The Bertz CT molecular complexity index is 3250. The molecule has 11 rings (SSSR count). The van der Waals surface area contributed by atoms with Crippen molar-refractivity contribution >= 4 is 64.7 Å². The molecule has 0 spiro atoms. The van der Waals surface area contributed by atoms with Crippen molar-refractivity contribution in [1.29, 1.82) is 15.8 Å². The van der Waals surface area contributed by atoms with E-state index in [1.54, 1.807) is 20.1 Å². The van der Waals surface area contributed by atoms with Gasteiger partial charge in [-0.05, 0) is 85.4 Å². The first kappa shape index (κ1) is 67.5. The molecule has 3 aliphatic heterocycles. The highest BCUT2D eigenvalue weighted by Gasteiger charge is 2.36. The zero-order valence-corrected chi connectivity index (χ0v) is 50.9. The number of aryl methyl sites for hydroxylation is 6. The largest absolute Gasteiger partial charge is 0.367 e. The van der Waals surface area contributed by atoms with Gasteiger partial charge in [0, 0.05) is 99.2 Å². The molecule has 3 atom stereocenters. The average molecular weight is 1260 g/mol. The van der Waals surface area contributed by atoms with Crippen LogP contribution in [-0.4, -0.2) is 161 Å². The Labute approximate surface area is 511 Å². The fraction of sp³-hybridized carbons (Fsp3) is 0.556. The number of hydrogen-bond donors (Lipinski definition) is 3. The second-order valence-corrected chi connectivity index (χ2v) is 21.8. The molecular weight excluding hydrogens is 1190 g/mol. The minimum Gasteiger partial charge on any atom is -0.367 e. The predicted octanol–water partition coefficient (Wildman–Crippen LogP) is 8.69. The Hall–Kier alpha value is -6.58. The summed E-state index contributed by atoms with van der Waals surface area (Å²) >= 11 is 17.7. The number of nitrogens with two attached hydrogens (primary N) is 1. The van der Waals surface area contributed by atoms with Crippen LogP contribution in [0.25, 0.3) is 17.8 Å². The molecule has 0 aromatic carbocycles. The molecule has 2 saturated carbocycles. The minimum absolute atomic E-state index is 0. The van der Waals surface area contributed by atoms with Crippen LogP contribution in [0, 0.1) is 75.5 Å². The van der Waals surface area contributed by atoms with Gasteiger partial charge in [-0.1, -0.05) is 34.8 Å². The maximum absolute atomic E-state index is 13.5. The average Bonchev–Trinajstić information content (AvgIpc) is 4.30. The summed E-state index contributed by atoms with van der Waals surface area (Å²) in [6.45, 7) is 16.7. The molecular formula is C54H68Cl4F4N20O3. The van der Waals surface area contributed by atoms with E-state index in [1.807, 2.05) is 81.7 Å². The summed E-state index contributed by atoms with van der Waals surface area (Å²) in [5.41, 5.74) is 10.8. The molecule has 4 N–H and O–H groups in total. The van der Waals surface area contributed by atoms with Gasteiger partial charge in [0.15, 0.2) is 18.3 Å². The number of rotatable bonds is 7. The Morgan fingerprint density at radius 3 is 1.35 bits per heavy atom. The molecule has 0 amide bonds. The highest BCUT2D eigenvalue weighted by Crippen LogP contribution is 2.35. The van der Waals surface area contributed by atoms with Crippen molar-refractivity contribution < 1.29 is 31.8 Å². The molecule has 3 unspecified atom stereocenters. The minimum atomic E-state index is -2.58. The van der Waals surface area contributed by atoms with Gasteiger partial charge in [-0.25, -0.2) is 31.6 Å². The predicted molar refractivity (Wildman–Crippen MR) is 314 cm³/mol. The van der Waals surface area contributed by atoms with Gasteiger partial charge in [-0.2, -0.15) is 61.0 Å². The van der Waals surface area contributed by atoms with Gasteiger partial charge in [0.2, 0.25) is 11.8 Å². The van der Waals surface area contributed by atoms with E-state index < -0.39 is 24.1 Å². The number of nitrogens with one attached hydrogen (secondary N) is 2. The molecule has 23 nitrogen and oxygen atoms in total. The number of alkyl halides is 4. The number of hydrogen-bond acceptors (Lipinski definition) is 20.